The van der Waals surface area contributed by atoms with Crippen LogP contribution in [0, 0.1) is 12.3 Å². The predicted molar refractivity (Wildman–Crippen MR) is 81.4 cm³/mol. The minimum Gasteiger partial charge on any atom is -0.465 e. The van der Waals surface area contributed by atoms with Crippen LogP contribution >= 0.6 is 0 Å². The van der Waals surface area contributed by atoms with Gasteiger partial charge in [-0.25, -0.2) is 4.79 Å². The molecule has 1 saturated heterocycles. The van der Waals surface area contributed by atoms with E-state index in [1.165, 1.54) is 7.11 Å². The summed E-state index contributed by atoms with van der Waals surface area (Å²) in [7, 11) is 1.35. The number of benzene rings is 1. The van der Waals surface area contributed by atoms with E-state index >= 15 is 0 Å². The molecule has 21 heavy (non-hydrogen) atoms. The summed E-state index contributed by atoms with van der Waals surface area (Å²) < 4.78 is 4.76. The lowest BCUT2D eigenvalue weighted by molar-refractivity contribution is -0.124. The van der Waals surface area contributed by atoms with Crippen molar-refractivity contribution in [2.75, 3.05) is 25.5 Å². The highest BCUT2D eigenvalue weighted by atomic mass is 16.5. The highest BCUT2D eigenvalue weighted by Gasteiger charge is 2.39. The molecule has 1 heterocycles. The van der Waals surface area contributed by atoms with Crippen LogP contribution in [0.3, 0.4) is 0 Å². The minimum atomic E-state index is -0.392. The number of amides is 1. The third-order valence-corrected chi connectivity index (χ3v) is 4.39. The monoisotopic (exact) mass is 290 g/mol. The van der Waals surface area contributed by atoms with Crippen molar-refractivity contribution in [2.45, 2.75) is 26.7 Å². The SMILES string of the molecule is CCC1(C(=O)Nc2cccc(C(=O)OC)c2C)CCNC1. The van der Waals surface area contributed by atoms with Gasteiger partial charge in [-0.1, -0.05) is 13.0 Å². The van der Waals surface area contributed by atoms with Crippen molar-refractivity contribution < 1.29 is 14.3 Å². The fraction of sp³-hybridized carbons (Fsp3) is 0.500. The van der Waals surface area contributed by atoms with E-state index in [0.29, 0.717) is 17.8 Å². The first-order valence-electron chi connectivity index (χ1n) is 7.24. The van der Waals surface area contributed by atoms with Gasteiger partial charge in [-0.3, -0.25) is 4.79 Å². The van der Waals surface area contributed by atoms with Crippen LogP contribution in [0.25, 0.3) is 0 Å². The largest absolute Gasteiger partial charge is 0.465 e. The van der Waals surface area contributed by atoms with Crippen molar-refractivity contribution in [1.82, 2.24) is 5.32 Å². The molecule has 2 rings (SSSR count). The van der Waals surface area contributed by atoms with Crippen LogP contribution in [0.1, 0.15) is 35.7 Å². The van der Waals surface area contributed by atoms with Crippen LogP contribution in [0.5, 0.6) is 0 Å². The molecule has 2 N–H and O–H groups in total. The summed E-state index contributed by atoms with van der Waals surface area (Å²) >= 11 is 0. The van der Waals surface area contributed by atoms with Crippen molar-refractivity contribution in [3.05, 3.63) is 29.3 Å². The van der Waals surface area contributed by atoms with Gasteiger partial charge in [-0.05, 0) is 44.0 Å². The van der Waals surface area contributed by atoms with Gasteiger partial charge in [0.2, 0.25) is 5.91 Å². The van der Waals surface area contributed by atoms with Gasteiger partial charge in [0, 0.05) is 12.2 Å². The fourth-order valence-electron chi connectivity index (χ4n) is 2.76. The summed E-state index contributed by atoms with van der Waals surface area (Å²) in [5, 5.41) is 6.23. The highest BCUT2D eigenvalue weighted by Crippen LogP contribution is 2.31. The number of methoxy groups -OCH3 is 1. The molecule has 5 nitrogen and oxygen atoms in total. The molecular weight excluding hydrogens is 268 g/mol. The summed E-state index contributed by atoms with van der Waals surface area (Å²) in [6, 6.07) is 5.26. The molecule has 0 aliphatic carbocycles. The Bertz CT molecular complexity index is 548. The van der Waals surface area contributed by atoms with E-state index in [1.54, 1.807) is 12.1 Å². The Balaban J connectivity index is 2.23. The Hall–Kier alpha value is -1.88. The lowest BCUT2D eigenvalue weighted by Crippen LogP contribution is -2.37. The molecule has 1 atom stereocenters. The quantitative estimate of drug-likeness (QED) is 0.833. The molecule has 1 unspecified atom stereocenters. The lowest BCUT2D eigenvalue weighted by Gasteiger charge is -2.25. The number of ether oxygens (including phenoxy) is 1. The van der Waals surface area contributed by atoms with Gasteiger partial charge in [0.25, 0.3) is 0 Å². The van der Waals surface area contributed by atoms with Gasteiger partial charge in [0.1, 0.15) is 0 Å². The number of hydrogen-bond acceptors (Lipinski definition) is 4. The summed E-state index contributed by atoms with van der Waals surface area (Å²) in [4.78, 5) is 24.3. The lowest BCUT2D eigenvalue weighted by atomic mass is 9.83. The van der Waals surface area contributed by atoms with Crippen LogP contribution in [0.15, 0.2) is 18.2 Å². The summed E-state index contributed by atoms with van der Waals surface area (Å²) in [5.41, 5.74) is 1.52. The van der Waals surface area contributed by atoms with Crippen LogP contribution in [-0.2, 0) is 9.53 Å². The molecule has 0 spiro atoms. The normalized spacial score (nSPS) is 21.1. The second-order valence-corrected chi connectivity index (χ2v) is 5.48. The van der Waals surface area contributed by atoms with Crippen LogP contribution in [0.4, 0.5) is 5.69 Å². The predicted octanol–water partition coefficient (Wildman–Crippen LogP) is 2.11. The number of esters is 1. The maximum atomic E-state index is 12.6. The topological polar surface area (TPSA) is 67.4 Å². The first kappa shape index (κ1) is 15.5. The molecular formula is C16H22N2O3. The maximum Gasteiger partial charge on any atom is 0.338 e. The molecule has 1 aliphatic heterocycles. The first-order chi connectivity index (χ1) is 10.0. The Morgan fingerprint density at radius 3 is 2.76 bits per heavy atom. The molecule has 1 amide bonds. The highest BCUT2D eigenvalue weighted by molar-refractivity contribution is 5.99. The number of hydrogen-bond donors (Lipinski definition) is 2. The number of carbonyl (C=O) groups excluding carboxylic acids is 2. The van der Waals surface area contributed by atoms with Gasteiger partial charge >= 0.3 is 5.97 Å². The van der Waals surface area contributed by atoms with Crippen LogP contribution in [0.2, 0.25) is 0 Å². The zero-order chi connectivity index (χ0) is 15.5. The number of rotatable bonds is 4. The average Bonchev–Trinajstić information content (AvgIpc) is 2.98. The second-order valence-electron chi connectivity index (χ2n) is 5.48. The molecule has 114 valence electrons. The Morgan fingerprint density at radius 1 is 1.43 bits per heavy atom. The molecule has 0 radical (unpaired) electrons. The van der Waals surface area contributed by atoms with Crippen molar-refractivity contribution in [3.63, 3.8) is 0 Å². The van der Waals surface area contributed by atoms with E-state index in [9.17, 15) is 9.59 Å². The average molecular weight is 290 g/mol. The molecule has 1 fully saturated rings. The molecule has 1 aliphatic rings. The van der Waals surface area contributed by atoms with Gasteiger partial charge in [0.15, 0.2) is 0 Å². The second kappa shape index (κ2) is 6.26. The zero-order valence-corrected chi connectivity index (χ0v) is 12.8. The number of nitrogens with one attached hydrogen (secondary N) is 2. The van der Waals surface area contributed by atoms with E-state index in [4.69, 9.17) is 4.74 Å². The summed E-state index contributed by atoms with van der Waals surface area (Å²) in [5.74, 6) is -0.378. The standard InChI is InChI=1S/C16H22N2O3/c1-4-16(8-9-17-10-16)15(20)18-13-7-5-6-12(11(13)2)14(19)21-3/h5-7,17H,4,8-10H2,1-3H3,(H,18,20). The first-order valence-corrected chi connectivity index (χ1v) is 7.24. The van der Waals surface area contributed by atoms with E-state index in [2.05, 4.69) is 10.6 Å². The van der Waals surface area contributed by atoms with Crippen molar-refractivity contribution in [3.8, 4) is 0 Å². The Morgan fingerprint density at radius 2 is 2.19 bits per heavy atom. The molecule has 1 aromatic carbocycles. The Kier molecular flexibility index (Phi) is 4.63. The molecule has 1 aromatic rings. The Labute approximate surface area is 125 Å². The van der Waals surface area contributed by atoms with Crippen LogP contribution in [-0.4, -0.2) is 32.1 Å². The third-order valence-electron chi connectivity index (χ3n) is 4.39. The van der Waals surface area contributed by atoms with E-state index < -0.39 is 5.97 Å². The van der Waals surface area contributed by atoms with Crippen molar-refractivity contribution >= 4 is 17.6 Å². The van der Waals surface area contributed by atoms with Crippen molar-refractivity contribution in [1.29, 1.82) is 0 Å². The molecule has 0 aromatic heterocycles. The minimum absolute atomic E-state index is 0.0140. The van der Waals surface area contributed by atoms with Crippen LogP contribution < -0.4 is 10.6 Å². The number of anilines is 1. The van der Waals surface area contributed by atoms with Gasteiger partial charge in [-0.15, -0.1) is 0 Å². The number of carbonyl (C=O) groups is 2. The van der Waals surface area contributed by atoms with Gasteiger partial charge in [-0.2, -0.15) is 0 Å². The van der Waals surface area contributed by atoms with E-state index in [-0.39, 0.29) is 11.3 Å². The third kappa shape index (κ3) is 2.93. The molecule has 5 heteroatoms. The van der Waals surface area contributed by atoms with E-state index in [1.807, 2.05) is 19.9 Å². The summed E-state index contributed by atoms with van der Waals surface area (Å²) in [6.45, 7) is 5.41. The molecule has 0 bridgehead atoms. The summed E-state index contributed by atoms with van der Waals surface area (Å²) in [6.07, 6.45) is 1.63. The van der Waals surface area contributed by atoms with Crippen molar-refractivity contribution in [2.24, 2.45) is 5.41 Å². The maximum absolute atomic E-state index is 12.6. The van der Waals surface area contributed by atoms with Gasteiger partial charge in [0.05, 0.1) is 18.1 Å². The molecule has 0 saturated carbocycles. The smallest absolute Gasteiger partial charge is 0.338 e. The zero-order valence-electron chi connectivity index (χ0n) is 12.8. The van der Waals surface area contributed by atoms with Gasteiger partial charge < -0.3 is 15.4 Å². The fourth-order valence-corrected chi connectivity index (χ4v) is 2.76. The van der Waals surface area contributed by atoms with E-state index in [0.717, 1.165) is 24.9 Å².